The molecule has 0 saturated carbocycles. The van der Waals surface area contributed by atoms with E-state index in [0.717, 1.165) is 6.42 Å². The Balaban J connectivity index is 2.65. The third-order valence-corrected chi connectivity index (χ3v) is 4.81. The van der Waals surface area contributed by atoms with Gasteiger partial charge in [-0.25, -0.2) is 0 Å². The summed E-state index contributed by atoms with van der Waals surface area (Å²) in [5, 5.41) is 2.59. The summed E-state index contributed by atoms with van der Waals surface area (Å²) < 4.78 is 12.0. The van der Waals surface area contributed by atoms with Crippen molar-refractivity contribution in [1.29, 1.82) is 0 Å². The van der Waals surface area contributed by atoms with E-state index in [9.17, 15) is 9.00 Å². The minimum absolute atomic E-state index is 0.305. The molecule has 0 heterocycles. The molecular weight excluding hydrogens is 296 g/mol. The van der Waals surface area contributed by atoms with Crippen LogP contribution in [-0.2, 0) is 15.6 Å². The molecule has 0 bridgehead atoms. The summed E-state index contributed by atoms with van der Waals surface area (Å²) >= 11 is 5.86. The molecule has 0 aliphatic rings. The molecule has 1 aromatic rings. The van der Waals surface area contributed by atoms with Crippen molar-refractivity contribution in [3.8, 4) is 0 Å². The molecule has 1 aromatic carbocycles. The van der Waals surface area contributed by atoms with Gasteiger partial charge in [-0.05, 0) is 37.5 Å². The average molecular weight is 317 g/mol. The Morgan fingerprint density at radius 1 is 1.40 bits per heavy atom. The summed E-state index contributed by atoms with van der Waals surface area (Å²) in [6.07, 6.45) is 0.837. The molecule has 1 amide bonds. The first-order valence-corrected chi connectivity index (χ1v) is 8.30. The van der Waals surface area contributed by atoms with Crippen molar-refractivity contribution in [2.75, 3.05) is 16.8 Å². The van der Waals surface area contributed by atoms with Crippen LogP contribution in [0.25, 0.3) is 0 Å². The van der Waals surface area contributed by atoms with Crippen LogP contribution in [0.15, 0.2) is 18.2 Å². The number of carbonyl (C=O) groups excluding carboxylic acids is 1. The Labute approximate surface area is 127 Å². The summed E-state index contributed by atoms with van der Waals surface area (Å²) in [5.41, 5.74) is 6.65. The molecule has 0 spiro atoms. The fourth-order valence-electron chi connectivity index (χ4n) is 1.52. The lowest BCUT2D eigenvalue weighted by atomic mass is 10.2. The number of amides is 1. The molecule has 112 valence electrons. The van der Waals surface area contributed by atoms with Gasteiger partial charge in [0.25, 0.3) is 0 Å². The molecule has 20 heavy (non-hydrogen) atoms. The van der Waals surface area contributed by atoms with E-state index in [1.165, 1.54) is 0 Å². The van der Waals surface area contributed by atoms with Crippen molar-refractivity contribution in [3.05, 3.63) is 23.2 Å². The Hall–Kier alpha value is -1.07. The van der Waals surface area contributed by atoms with Crippen LogP contribution in [0.3, 0.4) is 0 Å². The fraction of sp³-hybridized carbons (Fsp3) is 0.500. The van der Waals surface area contributed by atoms with Crippen LogP contribution in [0, 0.1) is 5.92 Å². The molecule has 0 aliphatic heterocycles. The van der Waals surface area contributed by atoms with Crippen molar-refractivity contribution in [3.63, 3.8) is 0 Å². The number of anilines is 2. The molecule has 2 unspecified atom stereocenters. The summed E-state index contributed by atoms with van der Waals surface area (Å²) in [6.45, 7) is 5.79. The fourth-order valence-corrected chi connectivity index (χ4v) is 3.05. The van der Waals surface area contributed by atoms with Crippen LogP contribution in [0.4, 0.5) is 11.4 Å². The zero-order chi connectivity index (χ0) is 15.3. The number of nitrogens with one attached hydrogen (secondary N) is 1. The van der Waals surface area contributed by atoms with E-state index in [2.05, 4.69) is 19.2 Å². The number of benzene rings is 1. The van der Waals surface area contributed by atoms with E-state index in [0.29, 0.717) is 28.1 Å². The Kier molecular flexibility index (Phi) is 6.49. The summed E-state index contributed by atoms with van der Waals surface area (Å²) in [5.74, 6) is 0.691. The van der Waals surface area contributed by atoms with Gasteiger partial charge in [0.15, 0.2) is 0 Å². The van der Waals surface area contributed by atoms with E-state index in [1.54, 1.807) is 25.1 Å². The molecule has 0 radical (unpaired) electrons. The van der Waals surface area contributed by atoms with Gasteiger partial charge in [-0.1, -0.05) is 25.4 Å². The molecule has 2 atom stereocenters. The van der Waals surface area contributed by atoms with Gasteiger partial charge in [-0.3, -0.25) is 9.00 Å². The lowest BCUT2D eigenvalue weighted by Gasteiger charge is -2.14. The first-order chi connectivity index (χ1) is 9.31. The zero-order valence-corrected chi connectivity index (χ0v) is 13.6. The number of hydrogen-bond donors (Lipinski definition) is 2. The SMILES string of the molecule is CC(C)CCS(=O)C(C)C(=O)Nc1cc(Cl)ccc1N. The number of nitrogen functional groups attached to an aromatic ring is 1. The molecule has 1 rings (SSSR count). The topological polar surface area (TPSA) is 72.2 Å². The molecule has 4 nitrogen and oxygen atoms in total. The zero-order valence-electron chi connectivity index (χ0n) is 12.0. The lowest BCUT2D eigenvalue weighted by Crippen LogP contribution is -2.30. The molecule has 0 aromatic heterocycles. The van der Waals surface area contributed by atoms with Crippen LogP contribution in [-0.4, -0.2) is 21.1 Å². The smallest absolute Gasteiger partial charge is 0.239 e. The van der Waals surface area contributed by atoms with Gasteiger partial charge in [-0.2, -0.15) is 0 Å². The monoisotopic (exact) mass is 316 g/mol. The van der Waals surface area contributed by atoms with Crippen molar-refractivity contribution in [2.45, 2.75) is 32.4 Å². The highest BCUT2D eigenvalue weighted by Crippen LogP contribution is 2.23. The van der Waals surface area contributed by atoms with Gasteiger partial charge >= 0.3 is 0 Å². The average Bonchev–Trinajstić information content (AvgIpc) is 2.39. The Morgan fingerprint density at radius 3 is 2.65 bits per heavy atom. The highest BCUT2D eigenvalue weighted by Gasteiger charge is 2.20. The van der Waals surface area contributed by atoms with E-state index in [-0.39, 0.29) is 5.91 Å². The van der Waals surface area contributed by atoms with Crippen molar-refractivity contribution < 1.29 is 9.00 Å². The van der Waals surface area contributed by atoms with Gasteiger partial charge in [-0.15, -0.1) is 0 Å². The minimum atomic E-state index is -1.19. The van der Waals surface area contributed by atoms with E-state index in [1.807, 2.05) is 0 Å². The standard InChI is InChI=1S/C14H21ClN2O2S/c1-9(2)6-7-20(19)10(3)14(18)17-13-8-11(15)4-5-12(13)16/h4-5,8-10H,6-7,16H2,1-3H3,(H,17,18). The Bertz CT molecular complexity index is 506. The second-order valence-corrected chi connectivity index (χ2v) is 7.44. The summed E-state index contributed by atoms with van der Waals surface area (Å²) in [4.78, 5) is 12.1. The number of hydrogen-bond acceptors (Lipinski definition) is 3. The van der Waals surface area contributed by atoms with Gasteiger partial charge < -0.3 is 11.1 Å². The molecule has 0 saturated heterocycles. The van der Waals surface area contributed by atoms with Crippen LogP contribution in [0.5, 0.6) is 0 Å². The molecule has 6 heteroatoms. The maximum atomic E-state index is 12.1. The Morgan fingerprint density at radius 2 is 2.05 bits per heavy atom. The summed E-state index contributed by atoms with van der Waals surface area (Å²) in [6, 6.07) is 4.85. The van der Waals surface area contributed by atoms with Crippen LogP contribution < -0.4 is 11.1 Å². The van der Waals surface area contributed by atoms with E-state index in [4.69, 9.17) is 17.3 Å². The second-order valence-electron chi connectivity index (χ2n) is 5.13. The number of rotatable bonds is 6. The van der Waals surface area contributed by atoms with Crippen LogP contribution >= 0.6 is 11.6 Å². The largest absolute Gasteiger partial charge is 0.397 e. The predicted molar refractivity (Wildman–Crippen MR) is 86.4 cm³/mol. The third-order valence-electron chi connectivity index (χ3n) is 2.93. The van der Waals surface area contributed by atoms with Gasteiger partial charge in [0, 0.05) is 21.6 Å². The second kappa shape index (κ2) is 7.64. The minimum Gasteiger partial charge on any atom is -0.397 e. The van der Waals surface area contributed by atoms with Gasteiger partial charge in [0.2, 0.25) is 5.91 Å². The molecule has 0 fully saturated rings. The van der Waals surface area contributed by atoms with Crippen molar-refractivity contribution >= 4 is 39.7 Å². The van der Waals surface area contributed by atoms with Crippen molar-refractivity contribution in [2.24, 2.45) is 5.92 Å². The van der Waals surface area contributed by atoms with E-state index >= 15 is 0 Å². The molecular formula is C14H21ClN2O2S. The molecule has 3 N–H and O–H groups in total. The predicted octanol–water partition coefficient (Wildman–Crippen LogP) is 3.04. The first kappa shape index (κ1) is 17.0. The number of halogens is 1. The normalized spacial score (nSPS) is 14.1. The van der Waals surface area contributed by atoms with Gasteiger partial charge in [0.05, 0.1) is 11.4 Å². The number of nitrogens with two attached hydrogens (primary N) is 1. The lowest BCUT2D eigenvalue weighted by molar-refractivity contribution is -0.115. The maximum absolute atomic E-state index is 12.1. The van der Waals surface area contributed by atoms with Crippen LogP contribution in [0.2, 0.25) is 5.02 Å². The van der Waals surface area contributed by atoms with E-state index < -0.39 is 16.0 Å². The highest BCUT2D eigenvalue weighted by atomic mass is 35.5. The number of carbonyl (C=O) groups is 1. The highest BCUT2D eigenvalue weighted by molar-refractivity contribution is 7.86. The first-order valence-electron chi connectivity index (χ1n) is 6.54. The van der Waals surface area contributed by atoms with Crippen LogP contribution in [0.1, 0.15) is 27.2 Å². The van der Waals surface area contributed by atoms with Crippen molar-refractivity contribution in [1.82, 2.24) is 0 Å². The molecule has 0 aliphatic carbocycles. The quantitative estimate of drug-likeness (QED) is 0.792. The maximum Gasteiger partial charge on any atom is 0.239 e. The van der Waals surface area contributed by atoms with Gasteiger partial charge in [0.1, 0.15) is 5.25 Å². The third kappa shape index (κ3) is 5.13. The summed E-state index contributed by atoms with van der Waals surface area (Å²) in [7, 11) is -1.19.